The lowest BCUT2D eigenvalue weighted by atomic mass is 9.98. The molecule has 2 aliphatic rings. The van der Waals surface area contributed by atoms with Crippen LogP contribution in [0.1, 0.15) is 88.0 Å². The Bertz CT molecular complexity index is 1970. The standard InChI is InChI=1S/C44H53BrN4O7S/c1-7-53-41(50)38(48-43(52)55-25-34-32-19-11-9-17-30(32)31-18-10-12-20-33(31)34)37(40-47-36(45)26-57-40)46-23-28-15-8-13-21-35(28)54-24-29-16-14-22-49(29)39(27(2)3)42(51)56-44(4,5)6/h8-13,15,17-21,26-27,29,34,37-39,46H,7,14,16,22-25H2,1-6H3,(H,48,52)/t29-,37+,38+,39+/m1/s1. The van der Waals surface area contributed by atoms with Crippen LogP contribution in [0.3, 0.4) is 0 Å². The first kappa shape index (κ1) is 42.3. The molecule has 1 amide bonds. The summed E-state index contributed by atoms with van der Waals surface area (Å²) in [7, 11) is 0. The van der Waals surface area contributed by atoms with Gasteiger partial charge in [-0.1, -0.05) is 80.6 Å². The molecule has 2 heterocycles. The van der Waals surface area contributed by atoms with Crippen LogP contribution in [-0.2, 0) is 30.3 Å². The Morgan fingerprint density at radius 2 is 1.60 bits per heavy atom. The molecule has 13 heteroatoms. The normalized spacial score (nSPS) is 17.0. The number of rotatable bonds is 16. The zero-order chi connectivity index (χ0) is 40.7. The highest BCUT2D eigenvalue weighted by Crippen LogP contribution is 2.44. The minimum Gasteiger partial charge on any atom is -0.492 e. The zero-order valence-electron chi connectivity index (χ0n) is 33.5. The van der Waals surface area contributed by atoms with E-state index in [1.54, 1.807) is 6.92 Å². The van der Waals surface area contributed by atoms with Crippen LogP contribution in [-0.4, -0.2) is 78.0 Å². The van der Waals surface area contributed by atoms with Gasteiger partial charge in [0.15, 0.2) is 6.04 Å². The van der Waals surface area contributed by atoms with Crippen molar-refractivity contribution in [3.63, 3.8) is 0 Å². The molecule has 3 aromatic carbocycles. The average Bonchev–Trinajstić information content (AvgIpc) is 3.90. The molecule has 1 aliphatic carbocycles. The lowest BCUT2D eigenvalue weighted by Gasteiger charge is -2.35. The molecular formula is C44H53BrN4O7S. The summed E-state index contributed by atoms with van der Waals surface area (Å²) >= 11 is 4.80. The Kier molecular flexibility index (Phi) is 14.1. The maximum Gasteiger partial charge on any atom is 0.407 e. The van der Waals surface area contributed by atoms with E-state index >= 15 is 0 Å². The largest absolute Gasteiger partial charge is 0.492 e. The molecule has 2 N–H and O–H groups in total. The third-order valence-electron chi connectivity index (χ3n) is 10.2. The van der Waals surface area contributed by atoms with Gasteiger partial charge in [0.25, 0.3) is 0 Å². The topological polar surface area (TPSA) is 128 Å². The summed E-state index contributed by atoms with van der Waals surface area (Å²) < 4.78 is 24.3. The van der Waals surface area contributed by atoms with Gasteiger partial charge in [-0.2, -0.15) is 0 Å². The van der Waals surface area contributed by atoms with E-state index in [-0.39, 0.29) is 49.6 Å². The molecule has 4 aromatic rings. The van der Waals surface area contributed by atoms with Crippen molar-refractivity contribution < 1.29 is 33.3 Å². The maximum absolute atomic E-state index is 13.6. The molecule has 6 rings (SSSR count). The molecule has 4 atom stereocenters. The Hall–Kier alpha value is -4.30. The maximum atomic E-state index is 13.6. The minimum atomic E-state index is -1.17. The third-order valence-corrected chi connectivity index (χ3v) is 11.9. The van der Waals surface area contributed by atoms with Gasteiger partial charge in [0.05, 0.1) is 12.6 Å². The molecule has 57 heavy (non-hydrogen) atoms. The van der Waals surface area contributed by atoms with E-state index in [4.69, 9.17) is 18.9 Å². The number of esters is 2. The summed E-state index contributed by atoms with van der Waals surface area (Å²) in [5.41, 5.74) is 4.69. The number of carbonyl (C=O) groups excluding carboxylic acids is 3. The molecule has 1 fully saturated rings. The molecule has 1 saturated heterocycles. The van der Waals surface area contributed by atoms with Crippen molar-refractivity contribution in [2.24, 2.45) is 5.92 Å². The number of benzene rings is 3. The van der Waals surface area contributed by atoms with E-state index in [9.17, 15) is 14.4 Å². The molecule has 1 aliphatic heterocycles. The third kappa shape index (κ3) is 10.4. The van der Waals surface area contributed by atoms with Gasteiger partial charge in [-0.25, -0.2) is 14.6 Å². The predicted octanol–water partition coefficient (Wildman–Crippen LogP) is 8.42. The van der Waals surface area contributed by atoms with Gasteiger partial charge in [-0.3, -0.25) is 9.69 Å². The Morgan fingerprint density at radius 3 is 2.23 bits per heavy atom. The summed E-state index contributed by atoms with van der Waals surface area (Å²) in [6, 6.07) is 21.7. The highest BCUT2D eigenvalue weighted by atomic mass is 79.9. The number of likely N-dealkylation sites (tertiary alicyclic amines) is 1. The Labute approximate surface area is 348 Å². The van der Waals surface area contributed by atoms with E-state index in [1.165, 1.54) is 11.3 Å². The number of fused-ring (bicyclic) bond motifs is 3. The summed E-state index contributed by atoms with van der Waals surface area (Å²) in [5, 5.41) is 8.70. The molecular weight excluding hydrogens is 808 g/mol. The average molecular weight is 862 g/mol. The number of hydrogen-bond donors (Lipinski definition) is 2. The highest BCUT2D eigenvalue weighted by Gasteiger charge is 2.40. The van der Waals surface area contributed by atoms with Gasteiger partial charge in [-0.15, -0.1) is 11.3 Å². The fraction of sp³-hybridized carbons (Fsp3) is 0.455. The van der Waals surface area contributed by atoms with Crippen molar-refractivity contribution in [2.45, 2.75) is 96.6 Å². The number of aromatic nitrogens is 1. The number of nitrogens with zero attached hydrogens (tertiary/aromatic N) is 2. The van der Waals surface area contributed by atoms with Crippen LogP contribution in [0.15, 0.2) is 82.8 Å². The smallest absolute Gasteiger partial charge is 0.407 e. The van der Waals surface area contributed by atoms with Crippen LogP contribution < -0.4 is 15.4 Å². The summed E-state index contributed by atoms with van der Waals surface area (Å²) in [6.07, 6.45) is 1.12. The van der Waals surface area contributed by atoms with E-state index in [0.29, 0.717) is 22.0 Å². The highest BCUT2D eigenvalue weighted by molar-refractivity contribution is 9.10. The fourth-order valence-corrected chi connectivity index (χ4v) is 9.16. The number of amides is 1. The van der Waals surface area contributed by atoms with Crippen molar-refractivity contribution in [3.05, 3.63) is 104 Å². The van der Waals surface area contributed by atoms with Crippen LogP contribution in [0.2, 0.25) is 0 Å². The van der Waals surface area contributed by atoms with Gasteiger partial charge < -0.3 is 29.6 Å². The molecule has 0 bridgehead atoms. The molecule has 0 radical (unpaired) electrons. The first-order chi connectivity index (χ1) is 27.3. The summed E-state index contributed by atoms with van der Waals surface area (Å²) in [6.45, 7) is 13.2. The number of alkyl carbamates (subject to hydrolysis) is 1. The molecule has 304 valence electrons. The van der Waals surface area contributed by atoms with Gasteiger partial charge in [0.1, 0.15) is 40.2 Å². The lowest BCUT2D eigenvalue weighted by molar-refractivity contribution is -0.164. The first-order valence-electron chi connectivity index (χ1n) is 19.7. The Balaban J connectivity index is 1.16. The van der Waals surface area contributed by atoms with Gasteiger partial charge in [-0.05, 0) is 97.2 Å². The molecule has 0 unspecified atom stereocenters. The number of ether oxygens (including phenoxy) is 4. The van der Waals surface area contributed by atoms with Crippen LogP contribution >= 0.6 is 27.3 Å². The number of carbonyl (C=O) groups is 3. The van der Waals surface area contributed by atoms with Crippen LogP contribution in [0.4, 0.5) is 4.79 Å². The van der Waals surface area contributed by atoms with E-state index < -0.39 is 29.7 Å². The number of nitrogens with one attached hydrogen (secondary N) is 2. The number of hydrogen-bond acceptors (Lipinski definition) is 11. The van der Waals surface area contributed by atoms with Crippen molar-refractivity contribution in [1.82, 2.24) is 20.5 Å². The number of thiazole rings is 1. The van der Waals surface area contributed by atoms with Crippen LogP contribution in [0.5, 0.6) is 5.75 Å². The molecule has 1 aromatic heterocycles. The van der Waals surface area contributed by atoms with Crippen LogP contribution in [0.25, 0.3) is 11.1 Å². The van der Waals surface area contributed by atoms with E-state index in [2.05, 4.69) is 74.6 Å². The zero-order valence-corrected chi connectivity index (χ0v) is 35.9. The van der Waals surface area contributed by atoms with Crippen LogP contribution in [0, 0.1) is 5.92 Å². The van der Waals surface area contributed by atoms with Gasteiger partial charge in [0.2, 0.25) is 0 Å². The van der Waals surface area contributed by atoms with Gasteiger partial charge >= 0.3 is 18.0 Å². The van der Waals surface area contributed by atoms with E-state index in [0.717, 1.165) is 47.2 Å². The first-order valence-corrected chi connectivity index (χ1v) is 21.3. The predicted molar refractivity (Wildman–Crippen MR) is 224 cm³/mol. The van der Waals surface area contributed by atoms with Crippen molar-refractivity contribution in [1.29, 1.82) is 0 Å². The van der Waals surface area contributed by atoms with E-state index in [1.807, 2.05) is 74.7 Å². The number of halogens is 1. The Morgan fingerprint density at radius 1 is 0.930 bits per heavy atom. The van der Waals surface area contributed by atoms with Gasteiger partial charge in [0, 0.05) is 29.4 Å². The summed E-state index contributed by atoms with van der Waals surface area (Å²) in [5.74, 6) is -0.239. The second-order valence-electron chi connectivity index (χ2n) is 15.7. The molecule has 11 nitrogen and oxygen atoms in total. The van der Waals surface area contributed by atoms with Crippen molar-refractivity contribution >= 4 is 45.3 Å². The van der Waals surface area contributed by atoms with Crippen molar-refractivity contribution in [3.8, 4) is 16.9 Å². The summed E-state index contributed by atoms with van der Waals surface area (Å²) in [4.78, 5) is 47.5. The molecule has 0 saturated carbocycles. The molecule has 0 spiro atoms. The SMILES string of the molecule is CCOC(=O)[C@@H](NC(=O)OCC1c2ccccc2-c2ccccc21)[C@H](NCc1ccccc1OC[C@H]1CCCN1[C@H](C(=O)OC(C)(C)C)C(C)C)c1nc(Br)cs1. The minimum absolute atomic E-state index is 0.0287. The second kappa shape index (κ2) is 19.0. The monoisotopic (exact) mass is 860 g/mol. The van der Waals surface area contributed by atoms with Crippen molar-refractivity contribution in [2.75, 3.05) is 26.4 Å². The quantitative estimate of drug-likeness (QED) is 0.0838. The second-order valence-corrected chi connectivity index (χ2v) is 17.4. The number of para-hydroxylation sites is 1. The fourth-order valence-electron chi connectivity index (χ4n) is 7.79. The lowest BCUT2D eigenvalue weighted by Crippen LogP contribution is -2.51.